The van der Waals surface area contributed by atoms with Crippen LogP contribution in [0.2, 0.25) is 10.0 Å². The van der Waals surface area contributed by atoms with Gasteiger partial charge in [-0.15, -0.1) is 0 Å². The molecule has 1 aliphatic rings. The van der Waals surface area contributed by atoms with Crippen LogP contribution in [0.1, 0.15) is 17.2 Å². The zero-order valence-electron chi connectivity index (χ0n) is 10.8. The molecule has 0 fully saturated rings. The van der Waals surface area contributed by atoms with Gasteiger partial charge in [0.1, 0.15) is 0 Å². The average Bonchev–Trinajstić information content (AvgIpc) is 2.69. The minimum Gasteiger partial charge on any atom is -0.329 e. The standard InChI is InChI=1S/C13H19Cl2N3/c1-17(2)5-6-18-8-10-9(12(18)7-16)3-4-11(14)13(10)15/h3-4,12H,5-8,16H2,1-2H3. The van der Waals surface area contributed by atoms with Crippen molar-refractivity contribution in [2.75, 3.05) is 33.7 Å². The van der Waals surface area contributed by atoms with E-state index < -0.39 is 0 Å². The molecule has 100 valence electrons. The monoisotopic (exact) mass is 287 g/mol. The number of nitrogens with two attached hydrogens (primary N) is 1. The second-order valence-electron chi connectivity index (χ2n) is 4.95. The van der Waals surface area contributed by atoms with Crippen molar-refractivity contribution in [1.29, 1.82) is 0 Å². The molecule has 0 saturated heterocycles. The Morgan fingerprint density at radius 1 is 1.39 bits per heavy atom. The minimum absolute atomic E-state index is 0.259. The molecule has 1 atom stereocenters. The fourth-order valence-corrected chi connectivity index (χ4v) is 2.84. The second kappa shape index (κ2) is 5.76. The summed E-state index contributed by atoms with van der Waals surface area (Å²) in [7, 11) is 4.15. The Bertz CT molecular complexity index is 434. The molecule has 2 rings (SSSR count). The van der Waals surface area contributed by atoms with Crippen molar-refractivity contribution < 1.29 is 0 Å². The van der Waals surface area contributed by atoms with Gasteiger partial charge in [-0.1, -0.05) is 29.3 Å². The number of nitrogens with zero attached hydrogens (tertiary/aromatic N) is 2. The Kier molecular flexibility index (Phi) is 4.51. The average molecular weight is 288 g/mol. The normalized spacial score (nSPS) is 19.6. The lowest BCUT2D eigenvalue weighted by molar-refractivity contribution is 0.197. The van der Waals surface area contributed by atoms with Gasteiger partial charge in [-0.2, -0.15) is 0 Å². The maximum Gasteiger partial charge on any atom is 0.0640 e. The van der Waals surface area contributed by atoms with Gasteiger partial charge in [-0.05, 0) is 31.3 Å². The second-order valence-corrected chi connectivity index (χ2v) is 5.74. The lowest BCUT2D eigenvalue weighted by Gasteiger charge is -2.25. The lowest BCUT2D eigenvalue weighted by atomic mass is 10.1. The molecule has 0 aromatic heterocycles. The van der Waals surface area contributed by atoms with Gasteiger partial charge in [0.05, 0.1) is 10.0 Å². The lowest BCUT2D eigenvalue weighted by Crippen LogP contribution is -2.33. The van der Waals surface area contributed by atoms with Crippen LogP contribution in [-0.4, -0.2) is 43.5 Å². The molecular formula is C13H19Cl2N3. The largest absolute Gasteiger partial charge is 0.329 e. The van der Waals surface area contributed by atoms with Gasteiger partial charge in [0.25, 0.3) is 0 Å². The predicted molar refractivity (Wildman–Crippen MR) is 77.2 cm³/mol. The van der Waals surface area contributed by atoms with Crippen LogP contribution in [0.4, 0.5) is 0 Å². The van der Waals surface area contributed by atoms with Crippen LogP contribution in [0.25, 0.3) is 0 Å². The highest BCUT2D eigenvalue weighted by atomic mass is 35.5. The summed E-state index contributed by atoms with van der Waals surface area (Å²) in [5, 5.41) is 1.31. The van der Waals surface area contributed by atoms with Crippen molar-refractivity contribution in [1.82, 2.24) is 9.80 Å². The van der Waals surface area contributed by atoms with E-state index in [0.717, 1.165) is 25.2 Å². The van der Waals surface area contributed by atoms with Crippen molar-refractivity contribution in [2.24, 2.45) is 5.73 Å². The highest BCUT2D eigenvalue weighted by Gasteiger charge is 2.30. The van der Waals surface area contributed by atoms with Crippen LogP contribution in [0.5, 0.6) is 0 Å². The third kappa shape index (κ3) is 2.65. The molecule has 0 saturated carbocycles. The smallest absolute Gasteiger partial charge is 0.0640 e. The summed E-state index contributed by atoms with van der Waals surface area (Å²) in [6.07, 6.45) is 0. The van der Waals surface area contributed by atoms with Crippen LogP contribution in [0.15, 0.2) is 12.1 Å². The van der Waals surface area contributed by atoms with E-state index in [9.17, 15) is 0 Å². The Morgan fingerprint density at radius 2 is 2.11 bits per heavy atom. The number of rotatable bonds is 4. The fourth-order valence-electron chi connectivity index (χ4n) is 2.43. The molecule has 1 aromatic carbocycles. The Hall–Kier alpha value is -0.320. The van der Waals surface area contributed by atoms with Crippen molar-refractivity contribution in [3.05, 3.63) is 33.3 Å². The number of benzene rings is 1. The number of fused-ring (bicyclic) bond motifs is 1. The topological polar surface area (TPSA) is 32.5 Å². The van der Waals surface area contributed by atoms with Gasteiger partial charge in [-0.25, -0.2) is 0 Å². The Morgan fingerprint density at radius 3 is 2.72 bits per heavy atom. The number of hydrogen-bond donors (Lipinski definition) is 1. The number of halogens is 2. The maximum absolute atomic E-state index is 6.28. The summed E-state index contributed by atoms with van der Waals surface area (Å²) in [6.45, 7) is 3.44. The summed E-state index contributed by atoms with van der Waals surface area (Å²) in [5.41, 5.74) is 8.27. The van der Waals surface area contributed by atoms with Gasteiger partial charge in [0, 0.05) is 32.2 Å². The van der Waals surface area contributed by atoms with Crippen LogP contribution >= 0.6 is 23.2 Å². The van der Waals surface area contributed by atoms with Crippen LogP contribution in [0, 0.1) is 0 Å². The highest BCUT2D eigenvalue weighted by Crippen LogP contribution is 2.39. The van der Waals surface area contributed by atoms with E-state index in [2.05, 4.69) is 30.0 Å². The van der Waals surface area contributed by atoms with Crippen molar-refractivity contribution in [3.63, 3.8) is 0 Å². The molecule has 1 unspecified atom stereocenters. The summed E-state index contributed by atoms with van der Waals surface area (Å²) in [6, 6.07) is 4.17. The quantitative estimate of drug-likeness (QED) is 0.923. The van der Waals surface area contributed by atoms with E-state index >= 15 is 0 Å². The number of likely N-dealkylation sites (N-methyl/N-ethyl adjacent to an activating group) is 1. The first-order valence-corrected chi connectivity index (χ1v) is 6.85. The molecule has 0 spiro atoms. The van der Waals surface area contributed by atoms with Gasteiger partial charge in [-0.3, -0.25) is 4.90 Å². The van der Waals surface area contributed by atoms with Crippen LogP contribution in [0.3, 0.4) is 0 Å². The molecule has 3 nitrogen and oxygen atoms in total. The third-order valence-electron chi connectivity index (χ3n) is 3.45. The van der Waals surface area contributed by atoms with E-state index in [-0.39, 0.29) is 6.04 Å². The molecule has 18 heavy (non-hydrogen) atoms. The van der Waals surface area contributed by atoms with Gasteiger partial charge < -0.3 is 10.6 Å². The van der Waals surface area contributed by atoms with E-state index in [4.69, 9.17) is 28.9 Å². The zero-order valence-corrected chi connectivity index (χ0v) is 12.3. The molecule has 2 N–H and O–H groups in total. The van der Waals surface area contributed by atoms with E-state index in [1.807, 2.05) is 6.07 Å². The minimum atomic E-state index is 0.259. The molecular weight excluding hydrogens is 269 g/mol. The van der Waals surface area contributed by atoms with Crippen molar-refractivity contribution in [3.8, 4) is 0 Å². The zero-order chi connectivity index (χ0) is 13.3. The molecule has 0 aliphatic carbocycles. The van der Waals surface area contributed by atoms with Gasteiger partial charge >= 0.3 is 0 Å². The van der Waals surface area contributed by atoms with E-state index in [0.29, 0.717) is 16.6 Å². The van der Waals surface area contributed by atoms with Crippen molar-refractivity contribution in [2.45, 2.75) is 12.6 Å². The first-order valence-electron chi connectivity index (χ1n) is 6.10. The first-order chi connectivity index (χ1) is 8.54. The first kappa shape index (κ1) is 14.1. The highest BCUT2D eigenvalue weighted by molar-refractivity contribution is 6.42. The molecule has 1 heterocycles. The molecule has 1 aliphatic heterocycles. The molecule has 0 amide bonds. The van der Waals surface area contributed by atoms with Crippen molar-refractivity contribution >= 4 is 23.2 Å². The van der Waals surface area contributed by atoms with E-state index in [1.54, 1.807) is 0 Å². The summed E-state index contributed by atoms with van der Waals surface area (Å²) < 4.78 is 0. The number of hydrogen-bond acceptors (Lipinski definition) is 3. The molecule has 0 bridgehead atoms. The summed E-state index contributed by atoms with van der Waals surface area (Å²) >= 11 is 12.3. The maximum atomic E-state index is 6.28. The summed E-state index contributed by atoms with van der Waals surface area (Å²) in [4.78, 5) is 4.54. The van der Waals surface area contributed by atoms with Crippen LogP contribution in [-0.2, 0) is 6.54 Å². The third-order valence-corrected chi connectivity index (χ3v) is 4.29. The van der Waals surface area contributed by atoms with Gasteiger partial charge in [0.15, 0.2) is 0 Å². The summed E-state index contributed by atoms with van der Waals surface area (Å²) in [5.74, 6) is 0. The molecule has 1 aromatic rings. The Balaban J connectivity index is 2.22. The molecule has 5 heteroatoms. The predicted octanol–water partition coefficient (Wildman–Crippen LogP) is 2.37. The fraction of sp³-hybridized carbons (Fsp3) is 0.538. The Labute approximate surface area is 118 Å². The van der Waals surface area contributed by atoms with E-state index in [1.165, 1.54) is 5.56 Å². The molecule has 0 radical (unpaired) electrons. The van der Waals surface area contributed by atoms with Crippen LogP contribution < -0.4 is 5.73 Å². The SMILES string of the molecule is CN(C)CCN1Cc2c(ccc(Cl)c2Cl)C1CN. The van der Waals surface area contributed by atoms with Gasteiger partial charge in [0.2, 0.25) is 0 Å².